The molecule has 0 atom stereocenters. The molecule has 1 amide bonds. The van der Waals surface area contributed by atoms with Gasteiger partial charge in [-0.15, -0.1) is 0 Å². The molecule has 9 heteroatoms. The molecule has 1 heterocycles. The van der Waals surface area contributed by atoms with Gasteiger partial charge in [0.15, 0.2) is 17.3 Å². The Labute approximate surface area is 209 Å². The van der Waals surface area contributed by atoms with Crippen LogP contribution < -0.4 is 14.9 Å². The molecule has 35 heavy (non-hydrogen) atoms. The van der Waals surface area contributed by atoms with E-state index < -0.39 is 11.9 Å². The molecule has 4 rings (SSSR count). The highest BCUT2D eigenvalue weighted by molar-refractivity contribution is 9.10. The van der Waals surface area contributed by atoms with Gasteiger partial charge < -0.3 is 19.0 Å². The lowest BCUT2D eigenvalue weighted by Crippen LogP contribution is -2.16. The molecular formula is C26H21BrN2O6. The molecule has 0 aliphatic carbocycles. The summed E-state index contributed by atoms with van der Waals surface area (Å²) in [4.78, 5) is 23.6. The first-order valence-electron chi connectivity index (χ1n) is 10.7. The van der Waals surface area contributed by atoms with Crippen molar-refractivity contribution in [3.8, 4) is 11.5 Å². The summed E-state index contributed by atoms with van der Waals surface area (Å²) in [6, 6.07) is 19.0. The van der Waals surface area contributed by atoms with Gasteiger partial charge in [0.25, 0.3) is 0 Å². The number of benzene rings is 3. The summed E-state index contributed by atoms with van der Waals surface area (Å²) < 4.78 is 17.8. The second-order valence-electron chi connectivity index (χ2n) is 7.40. The molecule has 1 aromatic heterocycles. The highest BCUT2D eigenvalue weighted by Crippen LogP contribution is 2.37. The first-order chi connectivity index (χ1) is 16.9. The highest BCUT2D eigenvalue weighted by atomic mass is 79.9. The van der Waals surface area contributed by atoms with Gasteiger partial charge in [0.05, 0.1) is 22.9 Å². The number of carboxylic acid groups (broad SMARTS) is 1. The van der Waals surface area contributed by atoms with Gasteiger partial charge in [-0.3, -0.25) is 4.79 Å². The number of nitrogens with one attached hydrogen (secondary N) is 1. The zero-order chi connectivity index (χ0) is 24.8. The largest absolute Gasteiger partial charge is 0.490 e. The third-order valence-corrected chi connectivity index (χ3v) is 5.51. The minimum absolute atomic E-state index is 0.154. The Morgan fingerprint density at radius 3 is 2.69 bits per heavy atom. The van der Waals surface area contributed by atoms with E-state index in [4.69, 9.17) is 13.9 Å². The molecule has 0 saturated carbocycles. The molecule has 0 aliphatic rings. The quantitative estimate of drug-likeness (QED) is 0.211. The Balaban J connectivity index is 1.46. The summed E-state index contributed by atoms with van der Waals surface area (Å²) in [6.45, 7) is 2.41. The number of hydrogen-bond donors (Lipinski definition) is 2. The Bertz CT molecular complexity index is 1380. The number of carboxylic acids is 1. The van der Waals surface area contributed by atoms with Crippen LogP contribution >= 0.6 is 15.9 Å². The second kappa shape index (κ2) is 10.9. The smallest absolute Gasteiger partial charge is 0.335 e. The van der Waals surface area contributed by atoms with Crippen molar-refractivity contribution >= 4 is 45.0 Å². The van der Waals surface area contributed by atoms with Gasteiger partial charge in [-0.25, -0.2) is 10.2 Å². The average Bonchev–Trinajstić information content (AvgIpc) is 3.28. The van der Waals surface area contributed by atoms with Crippen LogP contribution in [0.5, 0.6) is 11.5 Å². The van der Waals surface area contributed by atoms with Crippen molar-refractivity contribution < 1.29 is 28.6 Å². The fourth-order valence-corrected chi connectivity index (χ4v) is 3.90. The zero-order valence-corrected chi connectivity index (χ0v) is 20.2. The number of carbonyl (C=O) groups is 2. The molecule has 0 unspecified atom stereocenters. The van der Waals surface area contributed by atoms with Crippen molar-refractivity contribution in [2.75, 3.05) is 6.61 Å². The Hall–Kier alpha value is -4.11. The number of nitrogens with zero attached hydrogens (tertiary/aromatic N) is 1. The maximum absolute atomic E-state index is 12.4. The topological polar surface area (TPSA) is 110 Å². The number of rotatable bonds is 9. The number of ether oxygens (including phenoxy) is 2. The van der Waals surface area contributed by atoms with Crippen molar-refractivity contribution in [2.45, 2.75) is 13.5 Å². The van der Waals surface area contributed by atoms with Crippen molar-refractivity contribution in [3.05, 3.63) is 93.7 Å². The number of para-hydroxylation sites is 1. The molecular weight excluding hydrogens is 516 g/mol. The predicted octanol–water partition coefficient (Wildman–Crippen LogP) is 5.64. The van der Waals surface area contributed by atoms with E-state index in [2.05, 4.69) is 26.5 Å². The standard InChI is InChI=1S/C26H21BrN2O6/c1-2-33-22-12-17(14-28-29-25(30)23-13-18-7-3-4-9-21(18)35-23)11-20(27)24(22)34-15-16-6-5-8-19(10-16)26(31)32/h3-14H,2,15H2,1H3,(H,29,30)(H,31,32)/b28-14+. The number of fused-ring (bicyclic) bond motifs is 1. The third-order valence-electron chi connectivity index (χ3n) is 4.92. The first kappa shape index (κ1) is 24.0. The SMILES string of the molecule is CCOc1cc(/C=N/NC(=O)c2cc3ccccc3o2)cc(Br)c1OCc1cccc(C(=O)O)c1. The molecule has 0 fully saturated rings. The van der Waals surface area contributed by atoms with E-state index in [0.29, 0.717) is 39.3 Å². The minimum atomic E-state index is -1.00. The van der Waals surface area contributed by atoms with Gasteiger partial charge >= 0.3 is 11.9 Å². The van der Waals surface area contributed by atoms with Crippen molar-refractivity contribution in [3.63, 3.8) is 0 Å². The van der Waals surface area contributed by atoms with Crippen LogP contribution in [0.25, 0.3) is 11.0 Å². The predicted molar refractivity (Wildman–Crippen MR) is 134 cm³/mol. The molecule has 2 N–H and O–H groups in total. The monoisotopic (exact) mass is 536 g/mol. The van der Waals surface area contributed by atoms with Gasteiger partial charge in [-0.2, -0.15) is 5.10 Å². The summed E-state index contributed by atoms with van der Waals surface area (Å²) in [5.41, 5.74) is 4.63. The van der Waals surface area contributed by atoms with Gasteiger partial charge in [0.2, 0.25) is 0 Å². The van der Waals surface area contributed by atoms with Crippen LogP contribution in [0.15, 0.2) is 80.7 Å². The van der Waals surface area contributed by atoms with Crippen LogP contribution in [0.1, 0.15) is 39.0 Å². The minimum Gasteiger partial charge on any atom is -0.490 e. The fraction of sp³-hybridized carbons (Fsp3) is 0.115. The third kappa shape index (κ3) is 5.88. The van der Waals surface area contributed by atoms with Crippen LogP contribution in [0.4, 0.5) is 0 Å². The van der Waals surface area contributed by atoms with Crippen molar-refractivity contribution in [1.29, 1.82) is 0 Å². The molecule has 178 valence electrons. The van der Waals surface area contributed by atoms with E-state index in [1.807, 2.05) is 25.1 Å². The zero-order valence-electron chi connectivity index (χ0n) is 18.7. The van der Waals surface area contributed by atoms with E-state index in [0.717, 1.165) is 5.39 Å². The number of halogens is 1. The lowest BCUT2D eigenvalue weighted by atomic mass is 10.1. The van der Waals surface area contributed by atoms with Gasteiger partial charge in [-0.05, 0) is 70.4 Å². The van der Waals surface area contributed by atoms with Gasteiger partial charge in [0.1, 0.15) is 12.2 Å². The molecule has 8 nitrogen and oxygen atoms in total. The fourth-order valence-electron chi connectivity index (χ4n) is 3.33. The van der Waals surface area contributed by atoms with E-state index in [1.54, 1.807) is 42.5 Å². The second-order valence-corrected chi connectivity index (χ2v) is 8.26. The molecule has 0 saturated heterocycles. The number of amides is 1. The number of aromatic carboxylic acids is 1. The Morgan fingerprint density at radius 2 is 1.91 bits per heavy atom. The lowest BCUT2D eigenvalue weighted by Gasteiger charge is -2.15. The summed E-state index contributed by atoms with van der Waals surface area (Å²) >= 11 is 3.49. The number of furan rings is 1. The number of carbonyl (C=O) groups excluding carboxylic acids is 1. The molecule has 0 radical (unpaired) electrons. The molecule has 0 bridgehead atoms. The van der Waals surface area contributed by atoms with Crippen LogP contribution in [-0.2, 0) is 6.61 Å². The summed E-state index contributed by atoms with van der Waals surface area (Å²) in [5.74, 6) is -0.364. The van der Waals surface area contributed by atoms with Crippen LogP contribution in [0.3, 0.4) is 0 Å². The van der Waals surface area contributed by atoms with Gasteiger partial charge in [-0.1, -0.05) is 30.3 Å². The maximum Gasteiger partial charge on any atom is 0.335 e. The van der Waals surface area contributed by atoms with Crippen LogP contribution in [0.2, 0.25) is 0 Å². The van der Waals surface area contributed by atoms with Crippen molar-refractivity contribution in [1.82, 2.24) is 5.43 Å². The first-order valence-corrected chi connectivity index (χ1v) is 11.5. The summed E-state index contributed by atoms with van der Waals surface area (Å²) in [5, 5.41) is 14.0. The summed E-state index contributed by atoms with van der Waals surface area (Å²) in [6.07, 6.45) is 1.48. The molecule has 0 spiro atoms. The lowest BCUT2D eigenvalue weighted by molar-refractivity contribution is 0.0696. The Morgan fingerprint density at radius 1 is 1.09 bits per heavy atom. The molecule has 3 aromatic carbocycles. The van der Waals surface area contributed by atoms with Crippen LogP contribution in [-0.4, -0.2) is 29.8 Å². The summed E-state index contributed by atoms with van der Waals surface area (Å²) in [7, 11) is 0. The highest BCUT2D eigenvalue weighted by Gasteiger charge is 2.14. The number of hydrazone groups is 1. The van der Waals surface area contributed by atoms with E-state index >= 15 is 0 Å². The normalized spacial score (nSPS) is 11.0. The molecule has 0 aliphatic heterocycles. The Kier molecular flexibility index (Phi) is 7.47. The van der Waals surface area contributed by atoms with Gasteiger partial charge in [0, 0.05) is 5.39 Å². The van der Waals surface area contributed by atoms with E-state index in [9.17, 15) is 14.7 Å². The van der Waals surface area contributed by atoms with Crippen LogP contribution in [0, 0.1) is 0 Å². The number of hydrogen-bond acceptors (Lipinski definition) is 6. The maximum atomic E-state index is 12.4. The van der Waals surface area contributed by atoms with Crippen molar-refractivity contribution in [2.24, 2.45) is 5.10 Å². The average molecular weight is 537 g/mol. The van der Waals surface area contributed by atoms with E-state index in [1.165, 1.54) is 12.3 Å². The molecule has 4 aromatic rings. The van der Waals surface area contributed by atoms with E-state index in [-0.39, 0.29) is 17.9 Å².